The Kier molecular flexibility index (Phi) is 3.92. The Morgan fingerprint density at radius 2 is 1.83 bits per heavy atom. The Morgan fingerprint density at radius 3 is 2.57 bits per heavy atom. The van der Waals surface area contributed by atoms with Crippen molar-refractivity contribution in [3.8, 4) is 0 Å². The van der Waals surface area contributed by atoms with Crippen molar-refractivity contribution in [3.63, 3.8) is 0 Å². The summed E-state index contributed by atoms with van der Waals surface area (Å²) in [4.78, 5) is 24.0. The summed E-state index contributed by atoms with van der Waals surface area (Å²) in [7, 11) is 0. The Labute approximate surface area is 130 Å². The summed E-state index contributed by atoms with van der Waals surface area (Å²) in [5.74, 6) is -2.86. The molecule has 0 bridgehead atoms. The highest BCUT2D eigenvalue weighted by Crippen LogP contribution is 2.26. The molecule has 7 heteroatoms. The van der Waals surface area contributed by atoms with Crippen LogP contribution in [0, 0.1) is 11.6 Å². The molecule has 0 aliphatic carbocycles. The van der Waals surface area contributed by atoms with Gasteiger partial charge in [-0.3, -0.25) is 9.59 Å². The zero-order valence-electron chi connectivity index (χ0n) is 11.9. The van der Waals surface area contributed by atoms with Crippen molar-refractivity contribution in [1.29, 1.82) is 0 Å². The molecule has 0 fully saturated rings. The first kappa shape index (κ1) is 15.0. The molecule has 0 spiro atoms. The third-order valence-electron chi connectivity index (χ3n) is 3.42. The van der Waals surface area contributed by atoms with E-state index in [1.54, 1.807) is 18.2 Å². The average Bonchev–Trinajstić information content (AvgIpc) is 2.51. The first-order chi connectivity index (χ1) is 11.0. The van der Waals surface area contributed by atoms with Gasteiger partial charge < -0.3 is 16.0 Å². The monoisotopic (exact) mass is 317 g/mol. The summed E-state index contributed by atoms with van der Waals surface area (Å²) >= 11 is 0. The number of fused-ring (bicyclic) bond motifs is 1. The lowest BCUT2D eigenvalue weighted by atomic mass is 10.1. The Bertz CT molecular complexity index is 780. The molecule has 0 saturated heterocycles. The van der Waals surface area contributed by atoms with Crippen molar-refractivity contribution < 1.29 is 18.4 Å². The maximum atomic E-state index is 13.1. The van der Waals surface area contributed by atoms with Crippen molar-refractivity contribution in [1.82, 2.24) is 0 Å². The van der Waals surface area contributed by atoms with Crippen LogP contribution in [-0.2, 0) is 9.59 Å². The van der Waals surface area contributed by atoms with E-state index in [1.807, 2.05) is 6.07 Å². The lowest BCUT2D eigenvalue weighted by Crippen LogP contribution is -2.41. The summed E-state index contributed by atoms with van der Waals surface area (Å²) < 4.78 is 26.0. The number of carbonyl (C=O) groups excluding carboxylic acids is 2. The summed E-state index contributed by atoms with van der Waals surface area (Å²) in [5, 5.41) is 8.12. The molecule has 1 aliphatic rings. The molecule has 3 N–H and O–H groups in total. The highest BCUT2D eigenvalue weighted by molar-refractivity contribution is 6.06. The number of hydrogen-bond donors (Lipinski definition) is 3. The molecule has 1 heterocycles. The van der Waals surface area contributed by atoms with Gasteiger partial charge in [-0.2, -0.15) is 0 Å². The van der Waals surface area contributed by atoms with Gasteiger partial charge in [0.15, 0.2) is 11.6 Å². The number of nitrogens with one attached hydrogen (secondary N) is 3. The first-order valence-corrected chi connectivity index (χ1v) is 6.94. The van der Waals surface area contributed by atoms with Crippen molar-refractivity contribution in [2.45, 2.75) is 12.5 Å². The fraction of sp³-hybridized carbons (Fsp3) is 0.125. The van der Waals surface area contributed by atoms with E-state index in [0.29, 0.717) is 5.69 Å². The van der Waals surface area contributed by atoms with E-state index in [-0.39, 0.29) is 18.0 Å². The molecule has 1 aliphatic heterocycles. The molecule has 5 nitrogen and oxygen atoms in total. The smallest absolute Gasteiger partial charge is 0.247 e. The second kappa shape index (κ2) is 6.04. The molecule has 1 atom stereocenters. The largest absolute Gasteiger partial charge is 0.372 e. The van der Waals surface area contributed by atoms with Gasteiger partial charge in [-0.15, -0.1) is 0 Å². The molecule has 0 unspecified atom stereocenters. The molecule has 3 rings (SSSR count). The Balaban J connectivity index is 1.66. The van der Waals surface area contributed by atoms with Gasteiger partial charge in [-0.05, 0) is 24.3 Å². The van der Waals surface area contributed by atoms with Crippen LogP contribution in [0.25, 0.3) is 0 Å². The van der Waals surface area contributed by atoms with Crippen molar-refractivity contribution in [2.75, 3.05) is 16.0 Å². The number of hydrogen-bond acceptors (Lipinski definition) is 3. The predicted octanol–water partition coefficient (Wildman–Crippen LogP) is 2.73. The van der Waals surface area contributed by atoms with E-state index in [4.69, 9.17) is 0 Å². The zero-order chi connectivity index (χ0) is 16.4. The SMILES string of the molecule is O=C(C[C@@H]1Nc2ccccc2NC1=O)Nc1ccc(F)c(F)c1. The van der Waals surface area contributed by atoms with E-state index in [1.165, 1.54) is 6.07 Å². The van der Waals surface area contributed by atoms with Crippen molar-refractivity contribution in [3.05, 3.63) is 54.1 Å². The number of halogens is 2. The number of carbonyl (C=O) groups is 2. The molecule has 2 amide bonds. The highest BCUT2D eigenvalue weighted by Gasteiger charge is 2.27. The first-order valence-electron chi connectivity index (χ1n) is 6.94. The van der Waals surface area contributed by atoms with Gasteiger partial charge in [0.1, 0.15) is 6.04 Å². The maximum Gasteiger partial charge on any atom is 0.247 e. The van der Waals surface area contributed by atoms with Crippen LogP contribution in [-0.4, -0.2) is 17.9 Å². The summed E-state index contributed by atoms with van der Waals surface area (Å²) in [6.45, 7) is 0. The molecule has 0 radical (unpaired) electrons. The molecule has 0 saturated carbocycles. The Morgan fingerprint density at radius 1 is 1.09 bits per heavy atom. The zero-order valence-corrected chi connectivity index (χ0v) is 11.9. The van der Waals surface area contributed by atoms with Crippen LogP contribution < -0.4 is 16.0 Å². The standard InChI is InChI=1S/C16H13F2N3O2/c17-10-6-5-9(7-11(10)18)19-15(22)8-14-16(23)21-13-4-2-1-3-12(13)20-14/h1-7,14,20H,8H2,(H,19,22)(H,21,23)/t14-/m0/s1. The van der Waals surface area contributed by atoms with E-state index >= 15 is 0 Å². The maximum absolute atomic E-state index is 13.1. The van der Waals surface area contributed by atoms with Gasteiger partial charge in [0, 0.05) is 11.8 Å². The van der Waals surface area contributed by atoms with E-state index in [9.17, 15) is 18.4 Å². The van der Waals surface area contributed by atoms with Crippen LogP contribution in [0.15, 0.2) is 42.5 Å². The summed E-state index contributed by atoms with van der Waals surface area (Å²) in [6, 6.07) is 9.45. The predicted molar refractivity (Wildman–Crippen MR) is 82.1 cm³/mol. The average molecular weight is 317 g/mol. The summed E-state index contributed by atoms with van der Waals surface area (Å²) in [6.07, 6.45) is -0.140. The van der Waals surface area contributed by atoms with Gasteiger partial charge in [0.2, 0.25) is 11.8 Å². The van der Waals surface area contributed by atoms with E-state index in [0.717, 1.165) is 17.8 Å². The molecule has 0 aromatic heterocycles. The van der Waals surface area contributed by atoms with Crippen molar-refractivity contribution >= 4 is 28.9 Å². The van der Waals surface area contributed by atoms with Crippen LogP contribution in [0.1, 0.15) is 6.42 Å². The van der Waals surface area contributed by atoms with E-state index < -0.39 is 23.6 Å². The number of rotatable bonds is 3. The highest BCUT2D eigenvalue weighted by atomic mass is 19.2. The van der Waals surface area contributed by atoms with Crippen molar-refractivity contribution in [2.24, 2.45) is 0 Å². The van der Waals surface area contributed by atoms with Crippen LogP contribution in [0.4, 0.5) is 25.8 Å². The molecular weight excluding hydrogens is 304 g/mol. The quantitative estimate of drug-likeness (QED) is 0.815. The Hall–Kier alpha value is -2.96. The number of amides is 2. The lowest BCUT2D eigenvalue weighted by molar-refractivity contribution is -0.122. The topological polar surface area (TPSA) is 70.2 Å². The van der Waals surface area contributed by atoms with Gasteiger partial charge in [-0.25, -0.2) is 8.78 Å². The molecule has 2 aromatic rings. The number of para-hydroxylation sites is 2. The van der Waals surface area contributed by atoms with Crippen LogP contribution >= 0.6 is 0 Å². The molecule has 118 valence electrons. The minimum Gasteiger partial charge on any atom is -0.372 e. The fourth-order valence-corrected chi connectivity index (χ4v) is 2.31. The van der Waals surface area contributed by atoms with Gasteiger partial charge in [0.05, 0.1) is 17.8 Å². The normalized spacial score (nSPS) is 16.1. The molecular formula is C16H13F2N3O2. The fourth-order valence-electron chi connectivity index (χ4n) is 2.31. The second-order valence-electron chi connectivity index (χ2n) is 5.11. The van der Waals surface area contributed by atoms with Crippen LogP contribution in [0.5, 0.6) is 0 Å². The molecule has 23 heavy (non-hydrogen) atoms. The third-order valence-corrected chi connectivity index (χ3v) is 3.42. The second-order valence-corrected chi connectivity index (χ2v) is 5.11. The number of anilines is 3. The van der Waals surface area contributed by atoms with Gasteiger partial charge >= 0.3 is 0 Å². The van der Waals surface area contributed by atoms with Crippen LogP contribution in [0.3, 0.4) is 0 Å². The van der Waals surface area contributed by atoms with Crippen LogP contribution in [0.2, 0.25) is 0 Å². The van der Waals surface area contributed by atoms with Gasteiger partial charge in [0.25, 0.3) is 0 Å². The lowest BCUT2D eigenvalue weighted by Gasteiger charge is -2.26. The minimum atomic E-state index is -1.05. The summed E-state index contributed by atoms with van der Waals surface area (Å²) in [5.41, 5.74) is 1.50. The van der Waals surface area contributed by atoms with E-state index in [2.05, 4.69) is 16.0 Å². The third kappa shape index (κ3) is 3.28. The van der Waals surface area contributed by atoms with Gasteiger partial charge in [-0.1, -0.05) is 12.1 Å². The number of benzene rings is 2. The molecule has 2 aromatic carbocycles. The minimum absolute atomic E-state index is 0.130.